The number of halogens is 1. The first-order valence-electron chi connectivity index (χ1n) is 11.8. The SMILES string of the molecule is Cc1nc(-c2sc(Cl)cc2COC(=O)N(C)[C@@H](C)C2CC2)ccc1O[C@H]1CCC[C@H](C(=O)O)C1. The van der Waals surface area contributed by atoms with Crippen LogP contribution in [-0.4, -0.2) is 46.2 Å². The maximum atomic E-state index is 12.5. The highest BCUT2D eigenvalue weighted by atomic mass is 35.5. The first-order chi connectivity index (χ1) is 16.2. The predicted molar refractivity (Wildman–Crippen MR) is 131 cm³/mol. The maximum absolute atomic E-state index is 12.5. The molecule has 0 spiro atoms. The summed E-state index contributed by atoms with van der Waals surface area (Å²) >= 11 is 7.69. The molecule has 2 aromatic rings. The van der Waals surface area contributed by atoms with Crippen LogP contribution in [0.3, 0.4) is 0 Å². The summed E-state index contributed by atoms with van der Waals surface area (Å²) < 4.78 is 12.3. The second kappa shape index (κ2) is 10.5. The van der Waals surface area contributed by atoms with Gasteiger partial charge in [0.2, 0.25) is 0 Å². The fourth-order valence-corrected chi connectivity index (χ4v) is 5.70. The molecule has 4 rings (SSSR count). The Balaban J connectivity index is 1.42. The molecule has 0 radical (unpaired) electrons. The Morgan fingerprint density at radius 3 is 2.74 bits per heavy atom. The minimum Gasteiger partial charge on any atom is -0.489 e. The van der Waals surface area contributed by atoms with Gasteiger partial charge < -0.3 is 19.5 Å². The number of carbonyl (C=O) groups is 2. The zero-order valence-electron chi connectivity index (χ0n) is 19.8. The second-order valence-corrected chi connectivity index (χ2v) is 11.1. The summed E-state index contributed by atoms with van der Waals surface area (Å²) in [6.07, 6.45) is 4.76. The van der Waals surface area contributed by atoms with E-state index >= 15 is 0 Å². The van der Waals surface area contributed by atoms with Gasteiger partial charge in [0.05, 0.1) is 32.6 Å². The average Bonchev–Trinajstić information content (AvgIpc) is 3.60. The molecule has 34 heavy (non-hydrogen) atoms. The molecule has 0 unspecified atom stereocenters. The van der Waals surface area contributed by atoms with Gasteiger partial charge >= 0.3 is 12.1 Å². The fraction of sp³-hybridized carbons (Fsp3) is 0.560. The van der Waals surface area contributed by atoms with Gasteiger partial charge in [-0.1, -0.05) is 11.6 Å². The Labute approximate surface area is 209 Å². The minimum absolute atomic E-state index is 0.122. The second-order valence-electron chi connectivity index (χ2n) is 9.37. The van der Waals surface area contributed by atoms with Crippen LogP contribution in [0.25, 0.3) is 10.6 Å². The van der Waals surface area contributed by atoms with Crippen LogP contribution in [0.2, 0.25) is 4.34 Å². The van der Waals surface area contributed by atoms with Gasteiger partial charge in [0, 0.05) is 18.7 Å². The van der Waals surface area contributed by atoms with Crippen LogP contribution in [-0.2, 0) is 16.1 Å². The zero-order chi connectivity index (χ0) is 24.4. The van der Waals surface area contributed by atoms with Crippen molar-refractivity contribution in [1.29, 1.82) is 0 Å². The molecule has 2 aromatic heterocycles. The fourth-order valence-electron chi connectivity index (χ4n) is 4.48. The molecular weight excluding hydrogens is 476 g/mol. The molecular formula is C25H31ClN2O5S. The highest BCUT2D eigenvalue weighted by Gasteiger charge is 2.33. The topological polar surface area (TPSA) is 89.0 Å². The molecule has 0 aromatic carbocycles. The quantitative estimate of drug-likeness (QED) is 0.461. The lowest BCUT2D eigenvalue weighted by atomic mass is 9.87. The Kier molecular flexibility index (Phi) is 7.67. The molecule has 3 atom stereocenters. The molecule has 184 valence electrons. The van der Waals surface area contributed by atoms with Crippen LogP contribution in [0.5, 0.6) is 5.75 Å². The Bertz CT molecular complexity index is 1050. The number of rotatable bonds is 8. The van der Waals surface area contributed by atoms with E-state index in [1.54, 1.807) is 11.9 Å². The van der Waals surface area contributed by atoms with Crippen LogP contribution in [0.1, 0.15) is 56.7 Å². The number of ether oxygens (including phenoxy) is 2. The molecule has 2 aliphatic rings. The number of aliphatic carboxylic acids is 1. The van der Waals surface area contributed by atoms with Crippen LogP contribution in [0, 0.1) is 18.8 Å². The third-order valence-electron chi connectivity index (χ3n) is 6.87. The summed E-state index contributed by atoms with van der Waals surface area (Å²) in [6, 6.07) is 5.73. The molecule has 2 aliphatic carbocycles. The lowest BCUT2D eigenvalue weighted by Crippen LogP contribution is -2.36. The van der Waals surface area contributed by atoms with Gasteiger partial charge in [-0.2, -0.15) is 0 Å². The van der Waals surface area contributed by atoms with Gasteiger partial charge in [-0.25, -0.2) is 9.78 Å². The number of thiophene rings is 1. The number of hydrogen-bond donors (Lipinski definition) is 1. The number of amides is 1. The minimum atomic E-state index is -0.755. The van der Waals surface area contributed by atoms with Gasteiger partial charge in [0.25, 0.3) is 0 Å². The van der Waals surface area contributed by atoms with Crippen molar-refractivity contribution in [3.8, 4) is 16.3 Å². The largest absolute Gasteiger partial charge is 0.489 e. The van der Waals surface area contributed by atoms with Crippen LogP contribution >= 0.6 is 22.9 Å². The number of carbonyl (C=O) groups excluding carboxylic acids is 1. The lowest BCUT2D eigenvalue weighted by molar-refractivity contribution is -0.143. The zero-order valence-corrected chi connectivity index (χ0v) is 21.3. The van der Waals surface area contributed by atoms with E-state index in [0.29, 0.717) is 28.8 Å². The molecule has 7 nitrogen and oxygen atoms in total. The summed E-state index contributed by atoms with van der Waals surface area (Å²) in [5.74, 6) is 0.122. The number of carboxylic acids is 1. The number of nitrogens with zero attached hydrogens (tertiary/aromatic N) is 2. The van der Waals surface area contributed by atoms with Crippen molar-refractivity contribution in [3.63, 3.8) is 0 Å². The highest BCUT2D eigenvalue weighted by Crippen LogP contribution is 2.38. The standard InChI is InChI=1S/C25H31ClN2O5S/c1-14-21(33-19-6-4-5-17(11-19)24(29)30)10-9-20(27-14)23-18(12-22(26)34-23)13-32-25(31)28(3)15(2)16-7-8-16/h9-10,12,15-17,19H,4-8,11,13H2,1-3H3,(H,29,30)/t15-,17-,19-/m0/s1. The highest BCUT2D eigenvalue weighted by molar-refractivity contribution is 7.19. The van der Waals surface area contributed by atoms with Gasteiger partial charge in [-0.05, 0) is 76.5 Å². The molecule has 2 saturated carbocycles. The number of pyridine rings is 1. The van der Waals surface area contributed by atoms with Crippen LogP contribution in [0.15, 0.2) is 18.2 Å². The third-order valence-corrected chi connectivity index (χ3v) is 8.20. The molecule has 9 heteroatoms. The van der Waals surface area contributed by atoms with Crippen molar-refractivity contribution in [2.24, 2.45) is 11.8 Å². The molecule has 2 heterocycles. The Morgan fingerprint density at radius 2 is 2.06 bits per heavy atom. The summed E-state index contributed by atoms with van der Waals surface area (Å²) in [5, 5.41) is 9.32. The summed E-state index contributed by atoms with van der Waals surface area (Å²) in [6.45, 7) is 4.05. The maximum Gasteiger partial charge on any atom is 0.410 e. The Hall–Kier alpha value is -2.32. The van der Waals surface area contributed by atoms with Gasteiger partial charge in [-0.15, -0.1) is 11.3 Å². The van der Waals surface area contributed by atoms with Gasteiger partial charge in [0.1, 0.15) is 12.4 Å². The number of aryl methyl sites for hydroxylation is 1. The number of carboxylic acid groups (broad SMARTS) is 1. The van der Waals surface area contributed by atoms with Crippen molar-refractivity contribution in [2.45, 2.75) is 71.1 Å². The van der Waals surface area contributed by atoms with E-state index in [1.165, 1.54) is 11.3 Å². The molecule has 0 saturated heterocycles. The van der Waals surface area contributed by atoms with E-state index in [4.69, 9.17) is 26.1 Å². The van der Waals surface area contributed by atoms with Crippen molar-refractivity contribution in [3.05, 3.63) is 33.8 Å². The Morgan fingerprint density at radius 1 is 1.29 bits per heavy atom. The normalized spacial score (nSPS) is 21.1. The van der Waals surface area contributed by atoms with E-state index in [1.807, 2.05) is 25.1 Å². The van der Waals surface area contributed by atoms with Crippen molar-refractivity contribution in [2.75, 3.05) is 7.05 Å². The predicted octanol–water partition coefficient (Wildman–Crippen LogP) is 6.16. The van der Waals surface area contributed by atoms with Crippen molar-refractivity contribution in [1.82, 2.24) is 9.88 Å². The molecule has 1 amide bonds. The van der Waals surface area contributed by atoms with E-state index in [2.05, 4.69) is 6.92 Å². The van der Waals surface area contributed by atoms with Crippen LogP contribution in [0.4, 0.5) is 4.79 Å². The van der Waals surface area contributed by atoms with Gasteiger partial charge in [0.15, 0.2) is 0 Å². The van der Waals surface area contributed by atoms with E-state index < -0.39 is 5.97 Å². The monoisotopic (exact) mass is 506 g/mol. The number of hydrogen-bond acceptors (Lipinski definition) is 6. The van der Waals surface area contributed by atoms with Crippen molar-refractivity contribution >= 4 is 35.0 Å². The first-order valence-corrected chi connectivity index (χ1v) is 13.0. The summed E-state index contributed by atoms with van der Waals surface area (Å²) in [5.41, 5.74) is 2.27. The first kappa shape index (κ1) is 24.8. The van der Waals surface area contributed by atoms with E-state index in [0.717, 1.165) is 47.5 Å². The summed E-state index contributed by atoms with van der Waals surface area (Å²) in [4.78, 5) is 31.1. The molecule has 0 bridgehead atoms. The van der Waals surface area contributed by atoms with E-state index in [-0.39, 0.29) is 30.8 Å². The van der Waals surface area contributed by atoms with E-state index in [9.17, 15) is 14.7 Å². The van der Waals surface area contributed by atoms with Crippen molar-refractivity contribution < 1.29 is 24.2 Å². The third kappa shape index (κ3) is 5.84. The lowest BCUT2D eigenvalue weighted by Gasteiger charge is -2.27. The van der Waals surface area contributed by atoms with Crippen LogP contribution < -0.4 is 4.74 Å². The molecule has 2 fully saturated rings. The average molecular weight is 507 g/mol. The smallest absolute Gasteiger partial charge is 0.410 e. The van der Waals surface area contributed by atoms with Gasteiger partial charge in [-0.3, -0.25) is 4.79 Å². The summed E-state index contributed by atoms with van der Waals surface area (Å²) in [7, 11) is 1.78. The molecule has 1 N–H and O–H groups in total. The number of aromatic nitrogens is 1. The molecule has 0 aliphatic heterocycles.